The summed E-state index contributed by atoms with van der Waals surface area (Å²) in [5.74, 6) is -0.323. The fraction of sp³-hybridized carbons (Fsp3) is 0. The van der Waals surface area contributed by atoms with Crippen LogP contribution in [-0.4, -0.2) is 5.91 Å². The fourth-order valence-electron chi connectivity index (χ4n) is 1.58. The van der Waals surface area contributed by atoms with Gasteiger partial charge < -0.3 is 11.1 Å². The van der Waals surface area contributed by atoms with Crippen LogP contribution in [0.3, 0.4) is 0 Å². The van der Waals surface area contributed by atoms with E-state index in [1.807, 2.05) is 6.07 Å². The number of nitrogens with zero attached hydrogens (tertiary/aromatic N) is 1. The number of amides is 1. The third-order valence-electron chi connectivity index (χ3n) is 2.50. The van der Waals surface area contributed by atoms with Gasteiger partial charge in [0, 0.05) is 5.69 Å². The molecule has 0 aliphatic heterocycles. The van der Waals surface area contributed by atoms with Crippen molar-refractivity contribution < 1.29 is 4.79 Å². The molecule has 0 saturated carbocycles. The van der Waals surface area contributed by atoms with Crippen LogP contribution in [0, 0.1) is 11.3 Å². The lowest BCUT2D eigenvalue weighted by atomic mass is 10.1. The molecule has 4 heteroatoms. The van der Waals surface area contributed by atoms with E-state index in [-0.39, 0.29) is 5.91 Å². The highest BCUT2D eigenvalue weighted by Gasteiger charge is 2.10. The van der Waals surface area contributed by atoms with Crippen molar-refractivity contribution in [3.63, 3.8) is 0 Å². The second-order valence-electron chi connectivity index (χ2n) is 3.70. The van der Waals surface area contributed by atoms with Gasteiger partial charge in [0.15, 0.2) is 0 Å². The van der Waals surface area contributed by atoms with Crippen molar-refractivity contribution in [3.05, 3.63) is 59.7 Å². The summed E-state index contributed by atoms with van der Waals surface area (Å²) in [5.41, 5.74) is 7.42. The largest absolute Gasteiger partial charge is 0.398 e. The summed E-state index contributed by atoms with van der Waals surface area (Å²) in [6.07, 6.45) is 0. The van der Waals surface area contributed by atoms with Crippen molar-refractivity contribution in [2.24, 2.45) is 0 Å². The molecule has 0 aliphatic rings. The highest BCUT2D eigenvalue weighted by atomic mass is 16.1. The number of hydrogen-bond donors (Lipinski definition) is 2. The summed E-state index contributed by atoms with van der Waals surface area (Å²) >= 11 is 0. The monoisotopic (exact) mass is 237 g/mol. The molecule has 0 atom stereocenters. The predicted octanol–water partition coefficient (Wildman–Crippen LogP) is 2.39. The van der Waals surface area contributed by atoms with Crippen LogP contribution >= 0.6 is 0 Å². The summed E-state index contributed by atoms with van der Waals surface area (Å²) in [6.45, 7) is 0. The molecule has 0 bridgehead atoms. The number of benzene rings is 2. The first-order chi connectivity index (χ1) is 8.72. The number of nitrogens with two attached hydrogens (primary N) is 1. The molecule has 2 aromatic carbocycles. The predicted molar refractivity (Wildman–Crippen MR) is 70.0 cm³/mol. The molecule has 0 radical (unpaired) electrons. The smallest absolute Gasteiger partial charge is 0.257 e. The van der Waals surface area contributed by atoms with E-state index < -0.39 is 0 Å². The van der Waals surface area contributed by atoms with Crippen molar-refractivity contribution in [1.82, 2.24) is 0 Å². The first-order valence-electron chi connectivity index (χ1n) is 5.37. The molecule has 0 heterocycles. The standard InChI is InChI=1S/C14H11N3O/c15-9-10-5-1-4-8-13(10)17-14(18)11-6-2-3-7-12(11)16/h1-8H,16H2,(H,17,18). The van der Waals surface area contributed by atoms with Gasteiger partial charge in [-0.3, -0.25) is 4.79 Å². The van der Waals surface area contributed by atoms with E-state index in [2.05, 4.69) is 5.32 Å². The minimum absolute atomic E-state index is 0.323. The van der Waals surface area contributed by atoms with Gasteiger partial charge in [0.1, 0.15) is 6.07 Å². The zero-order valence-electron chi connectivity index (χ0n) is 9.55. The van der Waals surface area contributed by atoms with Crippen LogP contribution in [0.25, 0.3) is 0 Å². The van der Waals surface area contributed by atoms with E-state index in [1.165, 1.54) is 0 Å². The summed E-state index contributed by atoms with van der Waals surface area (Å²) in [7, 11) is 0. The Kier molecular flexibility index (Phi) is 3.26. The second kappa shape index (κ2) is 5.02. The Morgan fingerprint density at radius 3 is 2.50 bits per heavy atom. The second-order valence-corrected chi connectivity index (χ2v) is 3.70. The Bertz CT molecular complexity index is 629. The van der Waals surface area contributed by atoms with Gasteiger partial charge in [0.05, 0.1) is 16.8 Å². The first-order valence-corrected chi connectivity index (χ1v) is 5.37. The van der Waals surface area contributed by atoms with Crippen LogP contribution in [0.2, 0.25) is 0 Å². The molecule has 4 nitrogen and oxygen atoms in total. The summed E-state index contributed by atoms with van der Waals surface area (Å²) in [4.78, 5) is 12.0. The molecule has 18 heavy (non-hydrogen) atoms. The molecule has 0 spiro atoms. The number of nitrogen functional groups attached to an aromatic ring is 1. The Hall–Kier alpha value is -2.80. The quantitative estimate of drug-likeness (QED) is 0.787. The zero-order chi connectivity index (χ0) is 13.0. The average molecular weight is 237 g/mol. The van der Waals surface area contributed by atoms with Crippen molar-refractivity contribution in [3.8, 4) is 6.07 Å². The highest BCUT2D eigenvalue weighted by molar-refractivity contribution is 6.08. The van der Waals surface area contributed by atoms with Gasteiger partial charge >= 0.3 is 0 Å². The molecule has 0 aliphatic carbocycles. The molecule has 0 aromatic heterocycles. The average Bonchev–Trinajstić information content (AvgIpc) is 2.39. The van der Waals surface area contributed by atoms with Crippen molar-refractivity contribution in [1.29, 1.82) is 5.26 Å². The molecule has 1 amide bonds. The lowest BCUT2D eigenvalue weighted by molar-refractivity contribution is 0.102. The van der Waals surface area contributed by atoms with E-state index in [9.17, 15) is 4.79 Å². The molecule has 0 fully saturated rings. The van der Waals surface area contributed by atoms with Gasteiger partial charge in [0.25, 0.3) is 5.91 Å². The van der Waals surface area contributed by atoms with Crippen LogP contribution in [0.1, 0.15) is 15.9 Å². The van der Waals surface area contributed by atoms with E-state index >= 15 is 0 Å². The molecule has 2 aromatic rings. The van der Waals surface area contributed by atoms with Gasteiger partial charge in [-0.2, -0.15) is 5.26 Å². The SMILES string of the molecule is N#Cc1ccccc1NC(=O)c1ccccc1N. The van der Waals surface area contributed by atoms with Crippen LogP contribution in [0.15, 0.2) is 48.5 Å². The zero-order valence-corrected chi connectivity index (χ0v) is 9.55. The maximum absolute atomic E-state index is 12.0. The Labute approximate surface area is 105 Å². The first kappa shape index (κ1) is 11.7. The molecular formula is C14H11N3O. The lowest BCUT2D eigenvalue weighted by Gasteiger charge is -2.08. The molecule has 3 N–H and O–H groups in total. The van der Waals surface area contributed by atoms with Gasteiger partial charge in [0.2, 0.25) is 0 Å². The van der Waals surface area contributed by atoms with E-state index in [4.69, 9.17) is 11.0 Å². The molecule has 0 saturated heterocycles. The Morgan fingerprint density at radius 2 is 1.78 bits per heavy atom. The van der Waals surface area contributed by atoms with E-state index in [1.54, 1.807) is 48.5 Å². The Morgan fingerprint density at radius 1 is 1.11 bits per heavy atom. The minimum atomic E-state index is -0.323. The van der Waals surface area contributed by atoms with Crippen molar-refractivity contribution >= 4 is 17.3 Å². The maximum atomic E-state index is 12.0. The Balaban J connectivity index is 2.28. The van der Waals surface area contributed by atoms with Gasteiger partial charge in [-0.15, -0.1) is 0 Å². The fourth-order valence-corrected chi connectivity index (χ4v) is 1.58. The van der Waals surface area contributed by atoms with Gasteiger partial charge in [-0.1, -0.05) is 24.3 Å². The summed E-state index contributed by atoms with van der Waals surface area (Å²) in [6, 6.07) is 15.6. The lowest BCUT2D eigenvalue weighted by Crippen LogP contribution is -2.14. The summed E-state index contributed by atoms with van der Waals surface area (Å²) < 4.78 is 0. The molecular weight excluding hydrogens is 226 g/mol. The topological polar surface area (TPSA) is 78.9 Å². The number of para-hydroxylation sites is 2. The molecule has 88 valence electrons. The van der Waals surface area contributed by atoms with Gasteiger partial charge in [-0.25, -0.2) is 0 Å². The number of hydrogen-bond acceptors (Lipinski definition) is 3. The van der Waals surface area contributed by atoms with E-state index in [0.29, 0.717) is 22.5 Å². The van der Waals surface area contributed by atoms with Crippen LogP contribution in [-0.2, 0) is 0 Å². The maximum Gasteiger partial charge on any atom is 0.257 e. The molecule has 2 rings (SSSR count). The normalized spacial score (nSPS) is 9.50. The number of anilines is 2. The van der Waals surface area contributed by atoms with Crippen LogP contribution in [0.5, 0.6) is 0 Å². The van der Waals surface area contributed by atoms with Gasteiger partial charge in [-0.05, 0) is 24.3 Å². The third kappa shape index (κ3) is 2.30. The third-order valence-corrected chi connectivity index (χ3v) is 2.50. The van der Waals surface area contributed by atoms with Crippen molar-refractivity contribution in [2.45, 2.75) is 0 Å². The molecule has 0 unspecified atom stereocenters. The number of carbonyl (C=O) groups excluding carboxylic acids is 1. The van der Waals surface area contributed by atoms with Crippen molar-refractivity contribution in [2.75, 3.05) is 11.1 Å². The number of nitriles is 1. The number of nitrogens with one attached hydrogen (secondary N) is 1. The van der Waals surface area contributed by atoms with E-state index in [0.717, 1.165) is 0 Å². The van der Waals surface area contributed by atoms with Crippen LogP contribution < -0.4 is 11.1 Å². The van der Waals surface area contributed by atoms with Crippen LogP contribution in [0.4, 0.5) is 11.4 Å². The highest BCUT2D eigenvalue weighted by Crippen LogP contribution is 2.17. The minimum Gasteiger partial charge on any atom is -0.398 e. The number of rotatable bonds is 2. The summed E-state index contributed by atoms with van der Waals surface area (Å²) in [5, 5.41) is 11.6. The number of carbonyl (C=O) groups is 1.